The normalized spacial score (nSPS) is 17.5. The molecule has 2 N–H and O–H groups in total. The molecule has 15 heteroatoms. The minimum atomic E-state index is -4.11. The zero-order valence-electron chi connectivity index (χ0n) is 23.8. The Bertz CT molecular complexity index is 1630. The van der Waals surface area contributed by atoms with Crippen molar-refractivity contribution in [1.82, 2.24) is 4.31 Å². The molecule has 0 spiro atoms. The van der Waals surface area contributed by atoms with Crippen LogP contribution >= 0.6 is 11.6 Å². The number of hydrogen-bond donors (Lipinski definition) is 2. The van der Waals surface area contributed by atoms with Crippen molar-refractivity contribution in [1.29, 1.82) is 0 Å². The zero-order chi connectivity index (χ0) is 29.9. The van der Waals surface area contributed by atoms with Crippen molar-refractivity contribution >= 4 is 78.5 Å². The zero-order valence-corrected chi connectivity index (χ0v) is 28.1. The molecular weight excluding hydrogens is 617 g/mol. The second-order valence-electron chi connectivity index (χ2n) is 9.37. The summed E-state index contributed by atoms with van der Waals surface area (Å²) in [5.74, 6) is -0.284. The van der Waals surface area contributed by atoms with Gasteiger partial charge in [-0.05, 0) is 68.4 Å². The van der Waals surface area contributed by atoms with Gasteiger partial charge in [0.25, 0.3) is 15.9 Å². The summed E-state index contributed by atoms with van der Waals surface area (Å²) in [4.78, 5) is 13.4. The van der Waals surface area contributed by atoms with Crippen LogP contribution in [0, 0.1) is 0 Å². The molecule has 1 aliphatic rings. The molecule has 0 saturated carbocycles. The predicted octanol–water partition coefficient (Wildman–Crippen LogP) is 3.83. The third kappa shape index (κ3) is 7.77. The summed E-state index contributed by atoms with van der Waals surface area (Å²) in [6.07, 6.45) is -0.472. The Kier molecular flexibility index (Phi) is 11.3. The van der Waals surface area contributed by atoms with Crippen LogP contribution in [0.2, 0.25) is 5.02 Å². The number of nitrogens with one attached hydrogen (secondary N) is 2. The van der Waals surface area contributed by atoms with Crippen LogP contribution in [0.3, 0.4) is 0 Å². The van der Waals surface area contributed by atoms with Crippen molar-refractivity contribution in [2.45, 2.75) is 35.8 Å². The Morgan fingerprint density at radius 1 is 0.881 bits per heavy atom. The number of carbonyl (C=O) groups is 1. The van der Waals surface area contributed by atoms with Gasteiger partial charge in [-0.15, -0.1) is 0 Å². The van der Waals surface area contributed by atoms with E-state index < -0.39 is 26.0 Å². The smallest absolute Gasteiger partial charge is 0.261 e. The van der Waals surface area contributed by atoms with Gasteiger partial charge in [0.1, 0.15) is 0 Å². The van der Waals surface area contributed by atoms with Crippen molar-refractivity contribution in [3.63, 3.8) is 0 Å². The molecule has 1 radical (unpaired) electrons. The molecule has 3 aromatic rings. The van der Waals surface area contributed by atoms with E-state index in [1.165, 1.54) is 79.2 Å². The first-order valence-electron chi connectivity index (χ1n) is 12.5. The van der Waals surface area contributed by atoms with Gasteiger partial charge in [0.2, 0.25) is 10.0 Å². The van der Waals surface area contributed by atoms with E-state index in [-0.39, 0.29) is 87.4 Å². The van der Waals surface area contributed by atoms with Crippen LogP contribution in [0.4, 0.5) is 11.4 Å². The number of hydrogen-bond acceptors (Lipinski definition) is 8. The summed E-state index contributed by atoms with van der Waals surface area (Å²) < 4.78 is 72.5. The summed E-state index contributed by atoms with van der Waals surface area (Å²) >= 11 is 5.88. The maximum Gasteiger partial charge on any atom is 0.261 e. The molecule has 11 nitrogen and oxygen atoms in total. The largest absolute Gasteiger partial charge is 0.493 e. The molecule has 1 heterocycles. The second-order valence-corrected chi connectivity index (χ2v) is 13.4. The first-order chi connectivity index (χ1) is 19.3. The van der Waals surface area contributed by atoms with Crippen LogP contribution in [0.15, 0.2) is 70.5 Å². The summed E-state index contributed by atoms with van der Waals surface area (Å²) in [7, 11) is -5.12. The summed E-state index contributed by atoms with van der Waals surface area (Å²) in [5, 5.41) is 3.04. The summed E-state index contributed by atoms with van der Waals surface area (Å²) in [5.41, 5.74) is 0.164. The number of anilines is 2. The number of methoxy groups -OCH3 is 2. The maximum absolute atomic E-state index is 13.4. The number of benzene rings is 3. The van der Waals surface area contributed by atoms with Crippen molar-refractivity contribution in [3.8, 4) is 11.5 Å². The fourth-order valence-corrected chi connectivity index (χ4v) is 7.14. The molecule has 3 aromatic carbocycles. The van der Waals surface area contributed by atoms with Crippen molar-refractivity contribution in [2.24, 2.45) is 0 Å². The van der Waals surface area contributed by atoms with Crippen LogP contribution < -0.4 is 19.5 Å². The minimum absolute atomic E-state index is 0. The van der Waals surface area contributed by atoms with Crippen LogP contribution in [0.1, 0.15) is 24.2 Å². The van der Waals surface area contributed by atoms with Crippen LogP contribution in [0.5, 0.6) is 11.5 Å². The standard InChI is InChI=1S/C27H30ClN3O8S2.Na/c1-17-15-31(16-18(2)39-17)41(35,36)22-11-7-20(8-12-22)29-27(32)23-13-25(37-3)26(38-4)14-24(23)30-40(33,34)21-9-5-19(28)6-10-21;/h5-14,17-18,30H,15-16H2,1-4H3,(H,29,32);/t17-,18+;. The fraction of sp³-hybridized carbons (Fsp3) is 0.296. The third-order valence-corrected chi connectivity index (χ3v) is 9.75. The van der Waals surface area contributed by atoms with E-state index in [9.17, 15) is 21.6 Å². The molecule has 0 aromatic heterocycles. The van der Waals surface area contributed by atoms with Gasteiger partial charge >= 0.3 is 0 Å². The quantitative estimate of drug-likeness (QED) is 0.335. The van der Waals surface area contributed by atoms with E-state index in [0.29, 0.717) is 10.7 Å². The molecule has 0 unspecified atom stereocenters. The van der Waals surface area contributed by atoms with E-state index in [4.69, 9.17) is 25.8 Å². The van der Waals surface area contributed by atoms with Crippen LogP contribution in [-0.2, 0) is 24.8 Å². The van der Waals surface area contributed by atoms with Gasteiger partial charge in [-0.25, -0.2) is 16.8 Å². The monoisotopic (exact) mass is 646 g/mol. The topological polar surface area (TPSA) is 140 Å². The van der Waals surface area contributed by atoms with Gasteiger partial charge < -0.3 is 19.5 Å². The second kappa shape index (κ2) is 14.0. The number of sulfonamides is 2. The number of rotatable bonds is 9. The van der Waals surface area contributed by atoms with Crippen LogP contribution in [-0.4, -0.2) is 96.1 Å². The van der Waals surface area contributed by atoms with Gasteiger partial charge in [-0.3, -0.25) is 9.52 Å². The van der Waals surface area contributed by atoms with Gasteiger partial charge in [0, 0.05) is 59.4 Å². The predicted molar refractivity (Wildman–Crippen MR) is 161 cm³/mol. The van der Waals surface area contributed by atoms with E-state index in [2.05, 4.69) is 10.0 Å². The molecule has 221 valence electrons. The third-order valence-electron chi connectivity index (χ3n) is 6.27. The average molecular weight is 647 g/mol. The molecule has 2 atom stereocenters. The average Bonchev–Trinajstić information content (AvgIpc) is 2.92. The first kappa shape index (κ1) is 34.1. The molecule has 1 saturated heterocycles. The molecular formula is C27H30ClN3NaO8S2. The number of nitrogens with zero attached hydrogens (tertiary/aromatic N) is 1. The van der Waals surface area contributed by atoms with E-state index in [0.717, 1.165) is 0 Å². The van der Waals surface area contributed by atoms with Gasteiger partial charge in [-0.1, -0.05) is 11.6 Å². The van der Waals surface area contributed by atoms with Crippen LogP contribution in [0.25, 0.3) is 0 Å². The van der Waals surface area contributed by atoms with E-state index >= 15 is 0 Å². The molecule has 1 fully saturated rings. The Hall–Kier alpha value is -2.36. The number of amides is 1. The number of halogens is 1. The van der Waals surface area contributed by atoms with Crippen molar-refractivity contribution in [3.05, 3.63) is 71.2 Å². The van der Waals surface area contributed by atoms with Gasteiger partial charge in [0.05, 0.1) is 47.5 Å². The molecule has 4 rings (SSSR count). The molecule has 42 heavy (non-hydrogen) atoms. The Morgan fingerprint density at radius 3 is 1.95 bits per heavy atom. The molecule has 1 aliphatic heterocycles. The number of ether oxygens (including phenoxy) is 3. The SMILES string of the molecule is COc1cc(NS(=O)(=O)c2ccc(Cl)cc2)c(C(=O)Nc2ccc(S(=O)(=O)N3C[C@@H](C)O[C@@H](C)C3)cc2)cc1OC.[Na]. The molecule has 1 amide bonds. The number of morpholine rings is 1. The fourth-order valence-electron chi connectivity index (χ4n) is 4.35. The molecule has 0 aliphatic carbocycles. The van der Waals surface area contributed by atoms with E-state index in [1.54, 1.807) is 0 Å². The summed E-state index contributed by atoms with van der Waals surface area (Å²) in [6, 6.07) is 13.9. The van der Waals surface area contributed by atoms with Gasteiger partial charge in [-0.2, -0.15) is 4.31 Å². The summed E-state index contributed by atoms with van der Waals surface area (Å²) in [6.45, 7) is 4.10. The number of carbonyl (C=O) groups excluding carboxylic acids is 1. The molecule has 0 bridgehead atoms. The Balaban J connectivity index is 0.00000484. The Labute approximate surface area is 272 Å². The van der Waals surface area contributed by atoms with Gasteiger partial charge in [0.15, 0.2) is 11.5 Å². The Morgan fingerprint density at radius 2 is 1.40 bits per heavy atom. The van der Waals surface area contributed by atoms with Crippen molar-refractivity contribution in [2.75, 3.05) is 37.3 Å². The first-order valence-corrected chi connectivity index (χ1v) is 15.8. The van der Waals surface area contributed by atoms with Crippen molar-refractivity contribution < 1.29 is 35.8 Å². The maximum atomic E-state index is 13.4. The minimum Gasteiger partial charge on any atom is -0.493 e. The van der Waals surface area contributed by atoms with E-state index in [1.807, 2.05) is 13.8 Å².